The lowest BCUT2D eigenvalue weighted by Crippen LogP contribution is -2.40. The molecule has 0 radical (unpaired) electrons. The normalized spacial score (nSPS) is 23.5. The summed E-state index contributed by atoms with van der Waals surface area (Å²) in [5.41, 5.74) is 0.440. The van der Waals surface area contributed by atoms with Crippen LogP contribution in [0.3, 0.4) is 0 Å². The maximum Gasteiger partial charge on any atom is 0.336 e. The standard InChI is InChI=1S/C14H17BrFNO2/c1-8-5-6-17(9(2)7-8)11-4-3-10(14(18)19)12(15)13(11)16/h3-4,8-9H,5-7H2,1-2H3,(H,18,19). The highest BCUT2D eigenvalue weighted by Crippen LogP contribution is 2.34. The number of halogens is 2. The molecule has 0 spiro atoms. The number of carboxylic acids is 1. The molecular formula is C14H17BrFNO2. The summed E-state index contributed by atoms with van der Waals surface area (Å²) in [7, 11) is 0. The van der Waals surface area contributed by atoms with Gasteiger partial charge in [-0.25, -0.2) is 9.18 Å². The Labute approximate surface area is 120 Å². The first-order valence-corrected chi connectivity index (χ1v) is 7.19. The van der Waals surface area contributed by atoms with Gasteiger partial charge in [0.2, 0.25) is 0 Å². The molecule has 1 heterocycles. The Morgan fingerprint density at radius 2 is 2.16 bits per heavy atom. The highest BCUT2D eigenvalue weighted by molar-refractivity contribution is 9.10. The largest absolute Gasteiger partial charge is 0.478 e. The number of piperidine rings is 1. The number of anilines is 1. The summed E-state index contributed by atoms with van der Waals surface area (Å²) in [6, 6.07) is 3.28. The lowest BCUT2D eigenvalue weighted by atomic mass is 9.93. The van der Waals surface area contributed by atoms with Crippen molar-refractivity contribution in [3.8, 4) is 0 Å². The van der Waals surface area contributed by atoms with E-state index in [2.05, 4.69) is 29.8 Å². The first kappa shape index (κ1) is 14.3. The molecule has 2 atom stereocenters. The Hall–Kier alpha value is -1.10. The van der Waals surface area contributed by atoms with E-state index in [1.807, 2.05) is 4.90 Å². The minimum atomic E-state index is -1.13. The molecule has 1 aliphatic heterocycles. The second kappa shape index (κ2) is 5.49. The number of nitrogens with zero attached hydrogens (tertiary/aromatic N) is 1. The molecule has 19 heavy (non-hydrogen) atoms. The van der Waals surface area contributed by atoms with Crippen LogP contribution in [0.15, 0.2) is 16.6 Å². The van der Waals surface area contributed by atoms with Crippen LogP contribution in [0, 0.1) is 11.7 Å². The molecule has 0 aliphatic carbocycles. The maximum atomic E-state index is 14.3. The van der Waals surface area contributed by atoms with E-state index < -0.39 is 11.8 Å². The van der Waals surface area contributed by atoms with Gasteiger partial charge in [0.1, 0.15) is 0 Å². The van der Waals surface area contributed by atoms with Gasteiger partial charge in [-0.05, 0) is 53.7 Å². The van der Waals surface area contributed by atoms with E-state index in [1.54, 1.807) is 6.07 Å². The first-order valence-electron chi connectivity index (χ1n) is 6.39. The third-order valence-electron chi connectivity index (χ3n) is 3.74. The SMILES string of the molecule is CC1CCN(c2ccc(C(=O)O)c(Br)c2F)C(C)C1. The minimum Gasteiger partial charge on any atom is -0.478 e. The second-order valence-corrected chi connectivity index (χ2v) is 6.03. The quantitative estimate of drug-likeness (QED) is 0.894. The van der Waals surface area contributed by atoms with Crippen LogP contribution in [0.5, 0.6) is 0 Å². The molecule has 1 aromatic carbocycles. The van der Waals surface area contributed by atoms with Gasteiger partial charge in [-0.15, -0.1) is 0 Å². The van der Waals surface area contributed by atoms with E-state index >= 15 is 0 Å². The maximum absolute atomic E-state index is 14.3. The van der Waals surface area contributed by atoms with Crippen LogP contribution in [0.25, 0.3) is 0 Å². The molecule has 0 aromatic heterocycles. The van der Waals surface area contributed by atoms with Crippen molar-refractivity contribution in [3.05, 3.63) is 28.0 Å². The van der Waals surface area contributed by atoms with Gasteiger partial charge in [-0.2, -0.15) is 0 Å². The Morgan fingerprint density at radius 1 is 1.47 bits per heavy atom. The van der Waals surface area contributed by atoms with Crippen LogP contribution in [0.2, 0.25) is 0 Å². The molecule has 1 fully saturated rings. The molecule has 3 nitrogen and oxygen atoms in total. The third-order valence-corrected chi connectivity index (χ3v) is 4.52. The van der Waals surface area contributed by atoms with Crippen molar-refractivity contribution in [2.75, 3.05) is 11.4 Å². The average molecular weight is 330 g/mol. The lowest BCUT2D eigenvalue weighted by molar-refractivity contribution is 0.0695. The molecule has 0 bridgehead atoms. The Morgan fingerprint density at radius 3 is 2.74 bits per heavy atom. The Kier molecular flexibility index (Phi) is 4.13. The Bertz CT molecular complexity index is 506. The summed E-state index contributed by atoms with van der Waals surface area (Å²) in [6.45, 7) is 5.08. The van der Waals surface area contributed by atoms with Gasteiger partial charge in [0.15, 0.2) is 5.82 Å². The number of carboxylic acid groups (broad SMARTS) is 1. The predicted molar refractivity (Wildman–Crippen MR) is 76.3 cm³/mol. The van der Waals surface area contributed by atoms with E-state index in [9.17, 15) is 9.18 Å². The number of hydrogen-bond acceptors (Lipinski definition) is 2. The van der Waals surface area contributed by atoms with Gasteiger partial charge in [-0.3, -0.25) is 0 Å². The zero-order valence-electron chi connectivity index (χ0n) is 11.0. The second-order valence-electron chi connectivity index (χ2n) is 5.24. The van der Waals surface area contributed by atoms with E-state index in [0.29, 0.717) is 11.6 Å². The van der Waals surface area contributed by atoms with E-state index in [1.165, 1.54) is 6.07 Å². The molecule has 1 aliphatic rings. The molecule has 104 valence electrons. The lowest BCUT2D eigenvalue weighted by Gasteiger charge is -2.38. The fourth-order valence-corrected chi connectivity index (χ4v) is 3.20. The Balaban J connectivity index is 2.36. The number of benzene rings is 1. The number of carbonyl (C=O) groups is 1. The van der Waals surface area contributed by atoms with Crippen molar-refractivity contribution in [2.45, 2.75) is 32.7 Å². The van der Waals surface area contributed by atoms with E-state index in [4.69, 9.17) is 5.11 Å². The summed E-state index contributed by atoms with van der Waals surface area (Å²) in [5, 5.41) is 8.97. The molecule has 2 rings (SSSR count). The van der Waals surface area contributed by atoms with Gasteiger partial charge < -0.3 is 10.0 Å². The summed E-state index contributed by atoms with van der Waals surface area (Å²) in [6.07, 6.45) is 2.06. The van der Waals surface area contributed by atoms with Crippen LogP contribution in [0.1, 0.15) is 37.0 Å². The summed E-state index contributed by atoms with van der Waals surface area (Å²) < 4.78 is 14.4. The van der Waals surface area contributed by atoms with Gasteiger partial charge in [-0.1, -0.05) is 6.92 Å². The van der Waals surface area contributed by atoms with Gasteiger partial charge in [0.05, 0.1) is 15.7 Å². The van der Waals surface area contributed by atoms with Crippen molar-refractivity contribution >= 4 is 27.6 Å². The van der Waals surface area contributed by atoms with Gasteiger partial charge >= 0.3 is 5.97 Å². The number of aromatic carboxylic acids is 1. The van der Waals surface area contributed by atoms with Crippen molar-refractivity contribution in [3.63, 3.8) is 0 Å². The smallest absolute Gasteiger partial charge is 0.336 e. The summed E-state index contributed by atoms with van der Waals surface area (Å²) in [5.74, 6) is -0.963. The van der Waals surface area contributed by atoms with Crippen LogP contribution in [-0.2, 0) is 0 Å². The van der Waals surface area contributed by atoms with Crippen LogP contribution >= 0.6 is 15.9 Å². The fraction of sp³-hybridized carbons (Fsp3) is 0.500. The van der Waals surface area contributed by atoms with Crippen LogP contribution in [-0.4, -0.2) is 23.7 Å². The highest BCUT2D eigenvalue weighted by Gasteiger charge is 2.27. The molecule has 1 aromatic rings. The monoisotopic (exact) mass is 329 g/mol. The third kappa shape index (κ3) is 2.76. The zero-order valence-corrected chi connectivity index (χ0v) is 12.6. The predicted octanol–water partition coefficient (Wildman–Crippen LogP) is 3.91. The van der Waals surface area contributed by atoms with Crippen molar-refractivity contribution in [2.24, 2.45) is 5.92 Å². The van der Waals surface area contributed by atoms with Crippen molar-refractivity contribution in [1.29, 1.82) is 0 Å². The molecule has 1 saturated heterocycles. The first-order chi connectivity index (χ1) is 8.91. The van der Waals surface area contributed by atoms with E-state index in [0.717, 1.165) is 19.4 Å². The zero-order chi connectivity index (χ0) is 14.2. The van der Waals surface area contributed by atoms with Crippen molar-refractivity contribution in [1.82, 2.24) is 0 Å². The molecule has 2 unspecified atom stereocenters. The molecule has 0 saturated carbocycles. The van der Waals surface area contributed by atoms with Gasteiger partial charge in [0.25, 0.3) is 0 Å². The number of hydrogen-bond donors (Lipinski definition) is 1. The molecule has 0 amide bonds. The molecule has 1 N–H and O–H groups in total. The highest BCUT2D eigenvalue weighted by atomic mass is 79.9. The topological polar surface area (TPSA) is 40.5 Å². The fourth-order valence-electron chi connectivity index (χ4n) is 2.69. The average Bonchev–Trinajstić information content (AvgIpc) is 2.33. The summed E-state index contributed by atoms with van der Waals surface area (Å²) in [4.78, 5) is 13.0. The summed E-state index contributed by atoms with van der Waals surface area (Å²) >= 11 is 3.05. The van der Waals surface area contributed by atoms with Gasteiger partial charge in [0, 0.05) is 12.6 Å². The van der Waals surface area contributed by atoms with Crippen LogP contribution < -0.4 is 4.90 Å². The van der Waals surface area contributed by atoms with Crippen molar-refractivity contribution < 1.29 is 14.3 Å². The van der Waals surface area contributed by atoms with E-state index in [-0.39, 0.29) is 16.1 Å². The number of rotatable bonds is 2. The van der Waals surface area contributed by atoms with Crippen LogP contribution in [0.4, 0.5) is 10.1 Å². The molecule has 5 heteroatoms. The molecular weight excluding hydrogens is 313 g/mol. The minimum absolute atomic E-state index is 0.0309.